The van der Waals surface area contributed by atoms with E-state index in [-0.39, 0.29) is 6.42 Å². The SMILES string of the molecule is CCNCc1nnc(Cc2ccc(F)c(F)c2)o1. The zero-order valence-electron chi connectivity index (χ0n) is 9.91. The third kappa shape index (κ3) is 3.10. The highest BCUT2D eigenvalue weighted by atomic mass is 19.2. The maximum absolute atomic E-state index is 13.0. The zero-order chi connectivity index (χ0) is 13.0. The van der Waals surface area contributed by atoms with Crippen molar-refractivity contribution in [2.45, 2.75) is 19.9 Å². The molecule has 0 unspecified atom stereocenters. The second kappa shape index (κ2) is 5.68. The van der Waals surface area contributed by atoms with E-state index in [0.717, 1.165) is 18.7 Å². The van der Waals surface area contributed by atoms with E-state index in [1.807, 2.05) is 6.92 Å². The van der Waals surface area contributed by atoms with Crippen LogP contribution >= 0.6 is 0 Å². The van der Waals surface area contributed by atoms with Gasteiger partial charge in [-0.15, -0.1) is 10.2 Å². The highest BCUT2D eigenvalue weighted by molar-refractivity contribution is 5.20. The lowest BCUT2D eigenvalue weighted by molar-refractivity contribution is 0.441. The van der Waals surface area contributed by atoms with Crippen molar-refractivity contribution in [2.75, 3.05) is 6.54 Å². The highest BCUT2D eigenvalue weighted by Crippen LogP contribution is 2.12. The Bertz CT molecular complexity index is 528. The van der Waals surface area contributed by atoms with Gasteiger partial charge in [0, 0.05) is 0 Å². The molecule has 0 amide bonds. The maximum atomic E-state index is 13.0. The first kappa shape index (κ1) is 12.6. The summed E-state index contributed by atoms with van der Waals surface area (Å²) in [5.41, 5.74) is 0.590. The summed E-state index contributed by atoms with van der Waals surface area (Å²) in [4.78, 5) is 0. The molecule has 0 aliphatic rings. The molecular weight excluding hydrogens is 240 g/mol. The van der Waals surface area contributed by atoms with Gasteiger partial charge < -0.3 is 9.73 Å². The van der Waals surface area contributed by atoms with Crippen LogP contribution in [0.15, 0.2) is 22.6 Å². The van der Waals surface area contributed by atoms with Gasteiger partial charge in [-0.05, 0) is 24.2 Å². The fraction of sp³-hybridized carbons (Fsp3) is 0.333. The number of rotatable bonds is 5. The average Bonchev–Trinajstić information content (AvgIpc) is 2.79. The van der Waals surface area contributed by atoms with Crippen LogP contribution in [-0.4, -0.2) is 16.7 Å². The van der Waals surface area contributed by atoms with Gasteiger partial charge in [-0.25, -0.2) is 8.78 Å². The van der Waals surface area contributed by atoms with Gasteiger partial charge in [0.1, 0.15) is 0 Å². The largest absolute Gasteiger partial charge is 0.424 e. The van der Waals surface area contributed by atoms with Crippen LogP contribution in [0.4, 0.5) is 8.78 Å². The van der Waals surface area contributed by atoms with E-state index in [4.69, 9.17) is 4.42 Å². The molecule has 1 heterocycles. The second-order valence-corrected chi connectivity index (χ2v) is 3.80. The Hall–Kier alpha value is -1.82. The molecule has 0 fully saturated rings. The van der Waals surface area contributed by atoms with Gasteiger partial charge in [0.15, 0.2) is 11.6 Å². The predicted octanol–water partition coefficient (Wildman–Crippen LogP) is 2.05. The Morgan fingerprint density at radius 1 is 1.17 bits per heavy atom. The summed E-state index contributed by atoms with van der Waals surface area (Å²) >= 11 is 0. The van der Waals surface area contributed by atoms with Crippen molar-refractivity contribution in [3.05, 3.63) is 47.2 Å². The number of hydrogen-bond donors (Lipinski definition) is 1. The molecule has 0 radical (unpaired) electrons. The normalized spacial score (nSPS) is 10.8. The fourth-order valence-corrected chi connectivity index (χ4v) is 1.49. The summed E-state index contributed by atoms with van der Waals surface area (Å²) in [6, 6.07) is 3.71. The van der Waals surface area contributed by atoms with Gasteiger partial charge in [0.25, 0.3) is 0 Å². The number of nitrogens with one attached hydrogen (secondary N) is 1. The Kier molecular flexibility index (Phi) is 3.99. The number of benzene rings is 1. The molecule has 0 aliphatic carbocycles. The lowest BCUT2D eigenvalue weighted by Crippen LogP contribution is -2.11. The summed E-state index contributed by atoms with van der Waals surface area (Å²) in [5, 5.41) is 10.7. The first-order valence-electron chi connectivity index (χ1n) is 5.65. The van der Waals surface area contributed by atoms with Crippen LogP contribution in [0.2, 0.25) is 0 Å². The van der Waals surface area contributed by atoms with Crippen LogP contribution < -0.4 is 5.32 Å². The third-order valence-corrected chi connectivity index (χ3v) is 2.37. The fourth-order valence-electron chi connectivity index (χ4n) is 1.49. The minimum absolute atomic E-state index is 0.288. The molecule has 1 aromatic carbocycles. The molecule has 0 saturated heterocycles. The molecule has 2 aromatic rings. The van der Waals surface area contributed by atoms with Crippen molar-refractivity contribution < 1.29 is 13.2 Å². The maximum Gasteiger partial charge on any atom is 0.230 e. The molecule has 1 aromatic heterocycles. The quantitative estimate of drug-likeness (QED) is 0.886. The van der Waals surface area contributed by atoms with E-state index in [2.05, 4.69) is 15.5 Å². The first-order valence-corrected chi connectivity index (χ1v) is 5.65. The number of halogens is 2. The van der Waals surface area contributed by atoms with E-state index < -0.39 is 11.6 Å². The van der Waals surface area contributed by atoms with Crippen LogP contribution in [0.3, 0.4) is 0 Å². The summed E-state index contributed by atoms with van der Waals surface area (Å²) < 4.78 is 31.1. The molecule has 0 aliphatic heterocycles. The van der Waals surface area contributed by atoms with Gasteiger partial charge in [-0.2, -0.15) is 0 Å². The lowest BCUT2D eigenvalue weighted by Gasteiger charge is -1.98. The molecule has 2 rings (SSSR count). The average molecular weight is 253 g/mol. The van der Waals surface area contributed by atoms with Crippen molar-refractivity contribution in [2.24, 2.45) is 0 Å². The van der Waals surface area contributed by atoms with Crippen molar-refractivity contribution in [3.8, 4) is 0 Å². The van der Waals surface area contributed by atoms with E-state index in [1.54, 1.807) is 0 Å². The number of hydrogen-bond acceptors (Lipinski definition) is 4. The molecule has 96 valence electrons. The molecule has 4 nitrogen and oxygen atoms in total. The van der Waals surface area contributed by atoms with E-state index >= 15 is 0 Å². The predicted molar refractivity (Wildman–Crippen MR) is 60.8 cm³/mol. The second-order valence-electron chi connectivity index (χ2n) is 3.80. The van der Waals surface area contributed by atoms with E-state index in [9.17, 15) is 8.78 Å². The van der Waals surface area contributed by atoms with Crippen LogP contribution in [0.25, 0.3) is 0 Å². The summed E-state index contributed by atoms with van der Waals surface area (Å²) in [6.07, 6.45) is 0.288. The minimum Gasteiger partial charge on any atom is -0.424 e. The molecule has 0 bridgehead atoms. The van der Waals surface area contributed by atoms with Gasteiger partial charge in [-0.1, -0.05) is 13.0 Å². The molecule has 0 spiro atoms. The van der Waals surface area contributed by atoms with Gasteiger partial charge >= 0.3 is 0 Å². The topological polar surface area (TPSA) is 51.0 Å². The van der Waals surface area contributed by atoms with Crippen LogP contribution in [0, 0.1) is 11.6 Å². The van der Waals surface area contributed by atoms with Crippen LogP contribution in [0.1, 0.15) is 24.3 Å². The number of aromatic nitrogens is 2. The number of nitrogens with zero attached hydrogens (tertiary/aromatic N) is 2. The Labute approximate surface area is 103 Å². The van der Waals surface area contributed by atoms with Gasteiger partial charge in [-0.3, -0.25) is 0 Å². The van der Waals surface area contributed by atoms with Gasteiger partial charge in [0.05, 0.1) is 13.0 Å². The third-order valence-electron chi connectivity index (χ3n) is 2.37. The smallest absolute Gasteiger partial charge is 0.230 e. The van der Waals surface area contributed by atoms with Crippen molar-refractivity contribution in [3.63, 3.8) is 0 Å². The monoisotopic (exact) mass is 253 g/mol. The molecule has 0 atom stereocenters. The Morgan fingerprint density at radius 3 is 2.67 bits per heavy atom. The van der Waals surface area contributed by atoms with Crippen molar-refractivity contribution >= 4 is 0 Å². The summed E-state index contributed by atoms with van der Waals surface area (Å²) in [6.45, 7) is 3.28. The molecule has 6 heteroatoms. The van der Waals surface area contributed by atoms with Crippen molar-refractivity contribution in [1.82, 2.24) is 15.5 Å². The minimum atomic E-state index is -0.875. The van der Waals surface area contributed by atoms with Crippen molar-refractivity contribution in [1.29, 1.82) is 0 Å². The zero-order valence-corrected chi connectivity index (χ0v) is 9.91. The molecule has 1 N–H and O–H groups in total. The first-order chi connectivity index (χ1) is 8.69. The van der Waals surface area contributed by atoms with Crippen LogP contribution in [0.5, 0.6) is 0 Å². The summed E-state index contributed by atoms with van der Waals surface area (Å²) in [5.74, 6) is -0.875. The van der Waals surface area contributed by atoms with E-state index in [1.165, 1.54) is 6.07 Å². The molecular formula is C12H13F2N3O. The lowest BCUT2D eigenvalue weighted by atomic mass is 10.1. The Morgan fingerprint density at radius 2 is 1.94 bits per heavy atom. The highest BCUT2D eigenvalue weighted by Gasteiger charge is 2.08. The summed E-state index contributed by atoms with van der Waals surface area (Å²) in [7, 11) is 0. The Balaban J connectivity index is 2.04. The molecule has 0 saturated carbocycles. The van der Waals surface area contributed by atoms with E-state index in [0.29, 0.717) is 23.9 Å². The van der Waals surface area contributed by atoms with Crippen LogP contribution in [-0.2, 0) is 13.0 Å². The van der Waals surface area contributed by atoms with Gasteiger partial charge in [0.2, 0.25) is 11.8 Å². The standard InChI is InChI=1S/C12H13F2N3O/c1-2-15-7-12-17-16-11(18-12)6-8-3-4-9(13)10(14)5-8/h3-5,15H,2,6-7H2,1H3. The molecule has 18 heavy (non-hydrogen) atoms.